The van der Waals surface area contributed by atoms with Crippen LogP contribution in [-0.4, -0.2) is 31.5 Å². The lowest BCUT2D eigenvalue weighted by Gasteiger charge is -2.20. The monoisotopic (exact) mass is 247 g/mol. The first-order chi connectivity index (χ1) is 8.50. The Morgan fingerprint density at radius 1 is 1.22 bits per heavy atom. The molecule has 1 aromatic rings. The summed E-state index contributed by atoms with van der Waals surface area (Å²) in [5.41, 5.74) is 7.20. The molecule has 0 spiro atoms. The molecule has 0 radical (unpaired) electrons. The minimum atomic E-state index is 0.533. The van der Waals surface area contributed by atoms with Crippen LogP contribution in [0.4, 0.5) is 0 Å². The average molecular weight is 247 g/mol. The summed E-state index contributed by atoms with van der Waals surface area (Å²) in [6.45, 7) is 5.28. The van der Waals surface area contributed by atoms with Crippen molar-refractivity contribution >= 4 is 5.96 Å². The maximum atomic E-state index is 5.83. The third-order valence-electron chi connectivity index (χ3n) is 3.23. The van der Waals surface area contributed by atoms with Crippen molar-refractivity contribution in [3.8, 4) is 0 Å². The first kappa shape index (κ1) is 14.6. The average Bonchev–Trinajstić information content (AvgIpc) is 2.34. The van der Waals surface area contributed by atoms with Crippen LogP contribution in [0.15, 0.2) is 35.3 Å². The van der Waals surface area contributed by atoms with Gasteiger partial charge in [0.05, 0.1) is 0 Å². The summed E-state index contributed by atoms with van der Waals surface area (Å²) in [4.78, 5) is 6.31. The number of nitrogens with zero attached hydrogens (tertiary/aromatic N) is 2. The van der Waals surface area contributed by atoms with E-state index in [1.807, 2.05) is 19.0 Å². The minimum absolute atomic E-state index is 0.533. The molecule has 0 unspecified atom stereocenters. The highest BCUT2D eigenvalue weighted by Crippen LogP contribution is 2.17. The molecule has 0 fully saturated rings. The van der Waals surface area contributed by atoms with Crippen molar-refractivity contribution in [1.29, 1.82) is 0 Å². The fourth-order valence-corrected chi connectivity index (χ4v) is 1.78. The number of guanidine groups is 1. The van der Waals surface area contributed by atoms with E-state index in [1.54, 1.807) is 0 Å². The second kappa shape index (κ2) is 7.04. The summed E-state index contributed by atoms with van der Waals surface area (Å²) >= 11 is 0. The summed E-state index contributed by atoms with van der Waals surface area (Å²) in [6, 6.07) is 10.6. The van der Waals surface area contributed by atoms with E-state index < -0.39 is 0 Å². The van der Waals surface area contributed by atoms with Crippen LogP contribution in [0.3, 0.4) is 0 Å². The zero-order valence-electron chi connectivity index (χ0n) is 11.9. The molecule has 0 aliphatic heterocycles. The SMILES string of the molecule is CC(C)[C@@H](CN=C(N)N(C)C)Cc1ccccc1. The van der Waals surface area contributed by atoms with Gasteiger partial charge in [-0.2, -0.15) is 0 Å². The summed E-state index contributed by atoms with van der Waals surface area (Å²) < 4.78 is 0. The Kier molecular flexibility index (Phi) is 5.69. The van der Waals surface area contributed by atoms with E-state index in [0.29, 0.717) is 17.8 Å². The van der Waals surface area contributed by atoms with Gasteiger partial charge < -0.3 is 10.6 Å². The van der Waals surface area contributed by atoms with Gasteiger partial charge in [0.2, 0.25) is 0 Å². The molecule has 18 heavy (non-hydrogen) atoms. The van der Waals surface area contributed by atoms with Gasteiger partial charge in [-0.1, -0.05) is 44.2 Å². The number of nitrogens with two attached hydrogens (primary N) is 1. The molecule has 0 bridgehead atoms. The second-order valence-corrected chi connectivity index (χ2v) is 5.29. The number of benzene rings is 1. The molecular weight excluding hydrogens is 222 g/mol. The van der Waals surface area contributed by atoms with Crippen LogP contribution in [0.2, 0.25) is 0 Å². The van der Waals surface area contributed by atoms with E-state index in [-0.39, 0.29) is 0 Å². The lowest BCUT2D eigenvalue weighted by Crippen LogP contribution is -2.31. The van der Waals surface area contributed by atoms with Gasteiger partial charge in [0.15, 0.2) is 5.96 Å². The van der Waals surface area contributed by atoms with Crippen LogP contribution in [-0.2, 0) is 6.42 Å². The Balaban J connectivity index is 2.64. The van der Waals surface area contributed by atoms with Crippen LogP contribution in [0, 0.1) is 11.8 Å². The predicted molar refractivity (Wildman–Crippen MR) is 78.7 cm³/mol. The number of rotatable bonds is 5. The van der Waals surface area contributed by atoms with E-state index in [0.717, 1.165) is 13.0 Å². The van der Waals surface area contributed by atoms with Crippen molar-refractivity contribution in [2.75, 3.05) is 20.6 Å². The van der Waals surface area contributed by atoms with Crippen molar-refractivity contribution in [3.63, 3.8) is 0 Å². The normalized spacial score (nSPS) is 13.7. The molecule has 0 aliphatic rings. The van der Waals surface area contributed by atoms with Gasteiger partial charge in [-0.05, 0) is 23.8 Å². The van der Waals surface area contributed by atoms with E-state index in [2.05, 4.69) is 49.2 Å². The smallest absolute Gasteiger partial charge is 0.190 e. The molecular formula is C15H25N3. The molecule has 100 valence electrons. The predicted octanol–water partition coefficient (Wildman–Crippen LogP) is 2.38. The van der Waals surface area contributed by atoms with E-state index >= 15 is 0 Å². The van der Waals surface area contributed by atoms with Crippen molar-refractivity contribution in [1.82, 2.24) is 4.90 Å². The van der Waals surface area contributed by atoms with Gasteiger partial charge in [0.1, 0.15) is 0 Å². The lowest BCUT2D eigenvalue weighted by atomic mass is 9.89. The summed E-state index contributed by atoms with van der Waals surface area (Å²) in [5, 5.41) is 0. The molecule has 0 saturated carbocycles. The summed E-state index contributed by atoms with van der Waals surface area (Å²) in [6.07, 6.45) is 1.06. The molecule has 0 amide bonds. The highest BCUT2D eigenvalue weighted by atomic mass is 15.2. The first-order valence-electron chi connectivity index (χ1n) is 6.52. The minimum Gasteiger partial charge on any atom is -0.370 e. The molecule has 3 heteroatoms. The van der Waals surface area contributed by atoms with Crippen LogP contribution >= 0.6 is 0 Å². The van der Waals surface area contributed by atoms with Crippen LogP contribution in [0.5, 0.6) is 0 Å². The molecule has 0 heterocycles. The molecule has 0 aliphatic carbocycles. The van der Waals surface area contributed by atoms with Crippen molar-refractivity contribution in [2.45, 2.75) is 20.3 Å². The van der Waals surface area contributed by atoms with Crippen molar-refractivity contribution in [3.05, 3.63) is 35.9 Å². The molecule has 2 N–H and O–H groups in total. The van der Waals surface area contributed by atoms with E-state index in [1.165, 1.54) is 5.56 Å². The first-order valence-corrected chi connectivity index (χ1v) is 6.52. The van der Waals surface area contributed by atoms with Crippen molar-refractivity contribution < 1.29 is 0 Å². The Morgan fingerprint density at radius 2 is 1.83 bits per heavy atom. The molecule has 0 aromatic heterocycles. The molecule has 3 nitrogen and oxygen atoms in total. The Labute approximate surface area is 111 Å². The Hall–Kier alpha value is -1.51. The second-order valence-electron chi connectivity index (χ2n) is 5.29. The van der Waals surface area contributed by atoms with Gasteiger partial charge in [-0.3, -0.25) is 4.99 Å². The molecule has 1 rings (SSSR count). The highest BCUT2D eigenvalue weighted by Gasteiger charge is 2.14. The van der Waals surface area contributed by atoms with Crippen molar-refractivity contribution in [2.24, 2.45) is 22.6 Å². The van der Waals surface area contributed by atoms with Crippen LogP contribution in [0.25, 0.3) is 0 Å². The molecule has 1 aromatic carbocycles. The summed E-state index contributed by atoms with van der Waals surface area (Å²) in [5.74, 6) is 1.74. The zero-order valence-corrected chi connectivity index (χ0v) is 11.9. The third-order valence-corrected chi connectivity index (χ3v) is 3.23. The van der Waals surface area contributed by atoms with Crippen LogP contribution < -0.4 is 5.73 Å². The highest BCUT2D eigenvalue weighted by molar-refractivity contribution is 5.77. The molecule has 1 atom stereocenters. The van der Waals surface area contributed by atoms with Gasteiger partial charge >= 0.3 is 0 Å². The fraction of sp³-hybridized carbons (Fsp3) is 0.533. The maximum absolute atomic E-state index is 5.83. The zero-order chi connectivity index (χ0) is 13.5. The van der Waals surface area contributed by atoms with Gasteiger partial charge in [-0.15, -0.1) is 0 Å². The van der Waals surface area contributed by atoms with Gasteiger partial charge in [0.25, 0.3) is 0 Å². The number of hydrogen-bond donors (Lipinski definition) is 1. The number of aliphatic imine (C=N–C) groups is 1. The van der Waals surface area contributed by atoms with E-state index in [4.69, 9.17) is 5.73 Å². The van der Waals surface area contributed by atoms with Crippen LogP contribution in [0.1, 0.15) is 19.4 Å². The lowest BCUT2D eigenvalue weighted by molar-refractivity contribution is 0.391. The topological polar surface area (TPSA) is 41.6 Å². The summed E-state index contributed by atoms with van der Waals surface area (Å²) in [7, 11) is 3.83. The van der Waals surface area contributed by atoms with Gasteiger partial charge in [-0.25, -0.2) is 0 Å². The van der Waals surface area contributed by atoms with Gasteiger partial charge in [0, 0.05) is 20.6 Å². The Morgan fingerprint density at radius 3 is 2.33 bits per heavy atom. The largest absolute Gasteiger partial charge is 0.370 e. The standard InChI is InChI=1S/C15H25N3/c1-12(2)14(11-17-15(16)18(3)4)10-13-8-6-5-7-9-13/h5-9,12,14H,10-11H2,1-4H3,(H2,16,17)/t14-/m1/s1. The number of hydrogen-bond acceptors (Lipinski definition) is 1. The maximum Gasteiger partial charge on any atom is 0.190 e. The third kappa shape index (κ3) is 4.78. The molecule has 0 saturated heterocycles. The van der Waals surface area contributed by atoms with E-state index in [9.17, 15) is 0 Å². The Bertz CT molecular complexity index is 369. The quantitative estimate of drug-likeness (QED) is 0.641. The fourth-order valence-electron chi connectivity index (χ4n) is 1.78.